The van der Waals surface area contributed by atoms with Crippen LogP contribution in [0.1, 0.15) is 17.2 Å². The molecule has 108 valence electrons. The van der Waals surface area contributed by atoms with Gasteiger partial charge in [-0.3, -0.25) is 0 Å². The average molecular weight is 282 g/mol. The number of anilines is 1. The van der Waals surface area contributed by atoms with Crippen molar-refractivity contribution in [3.63, 3.8) is 0 Å². The molecule has 2 amide bonds. The van der Waals surface area contributed by atoms with Crippen LogP contribution < -0.4 is 10.6 Å². The van der Waals surface area contributed by atoms with E-state index in [1.165, 1.54) is 11.1 Å². The van der Waals surface area contributed by atoms with Crippen molar-refractivity contribution < 1.29 is 9.53 Å². The van der Waals surface area contributed by atoms with Crippen LogP contribution in [0.2, 0.25) is 0 Å². The Bertz CT molecular complexity index is 613. The molecule has 1 heterocycles. The van der Waals surface area contributed by atoms with Gasteiger partial charge < -0.3 is 15.4 Å². The van der Waals surface area contributed by atoms with E-state index in [4.69, 9.17) is 4.74 Å². The molecule has 0 saturated heterocycles. The Labute approximate surface area is 124 Å². The summed E-state index contributed by atoms with van der Waals surface area (Å²) in [6.45, 7) is 1.17. The number of hydrogen-bond donors (Lipinski definition) is 2. The molecule has 0 radical (unpaired) electrons. The highest BCUT2D eigenvalue weighted by molar-refractivity contribution is 5.89. The molecule has 0 bridgehead atoms. The minimum absolute atomic E-state index is 0.0727. The maximum absolute atomic E-state index is 11.9. The van der Waals surface area contributed by atoms with Crippen LogP contribution in [0, 0.1) is 0 Å². The van der Waals surface area contributed by atoms with Crippen LogP contribution in [-0.2, 0) is 11.2 Å². The Kier molecular flexibility index (Phi) is 4.17. The smallest absolute Gasteiger partial charge is 0.319 e. The molecule has 0 aliphatic carbocycles. The number of para-hydroxylation sites is 1. The monoisotopic (exact) mass is 282 g/mol. The van der Waals surface area contributed by atoms with Crippen LogP contribution in [0.25, 0.3) is 0 Å². The molecule has 2 N–H and O–H groups in total. The quantitative estimate of drug-likeness (QED) is 0.908. The van der Waals surface area contributed by atoms with Gasteiger partial charge in [-0.1, -0.05) is 42.5 Å². The second-order valence-electron chi connectivity index (χ2n) is 5.01. The fraction of sp³-hybridized carbons (Fsp3) is 0.235. The molecule has 0 aromatic heterocycles. The van der Waals surface area contributed by atoms with Gasteiger partial charge in [0.25, 0.3) is 0 Å². The molecule has 0 spiro atoms. The first-order valence-corrected chi connectivity index (χ1v) is 7.12. The lowest BCUT2D eigenvalue weighted by Gasteiger charge is -2.26. The first-order chi connectivity index (χ1) is 10.3. The van der Waals surface area contributed by atoms with Crippen molar-refractivity contribution in [2.24, 2.45) is 0 Å². The van der Waals surface area contributed by atoms with E-state index in [0.717, 1.165) is 12.1 Å². The summed E-state index contributed by atoms with van der Waals surface area (Å²) in [5.74, 6) is 0. The van der Waals surface area contributed by atoms with E-state index in [1.807, 2.05) is 42.5 Å². The normalized spacial score (nSPS) is 16.9. The Morgan fingerprint density at radius 2 is 1.86 bits per heavy atom. The third-order valence-electron chi connectivity index (χ3n) is 3.57. The summed E-state index contributed by atoms with van der Waals surface area (Å²) in [6, 6.07) is 17.4. The van der Waals surface area contributed by atoms with E-state index in [1.54, 1.807) is 0 Å². The van der Waals surface area contributed by atoms with Gasteiger partial charge in [0, 0.05) is 12.2 Å². The van der Waals surface area contributed by atoms with Crippen molar-refractivity contribution >= 4 is 11.7 Å². The zero-order chi connectivity index (χ0) is 14.5. The lowest BCUT2D eigenvalue weighted by atomic mass is 9.98. The molecule has 2 aromatic rings. The summed E-state index contributed by atoms with van der Waals surface area (Å²) in [6.07, 6.45) is 0.861. The molecule has 21 heavy (non-hydrogen) atoms. The van der Waals surface area contributed by atoms with Crippen LogP contribution in [0.3, 0.4) is 0 Å². The zero-order valence-corrected chi connectivity index (χ0v) is 11.7. The minimum atomic E-state index is -0.215. The second-order valence-corrected chi connectivity index (χ2v) is 5.01. The van der Waals surface area contributed by atoms with E-state index >= 15 is 0 Å². The molecule has 1 atom stereocenters. The molecule has 0 fully saturated rings. The fourth-order valence-corrected chi connectivity index (χ4v) is 2.53. The highest BCUT2D eigenvalue weighted by atomic mass is 16.5. The number of benzene rings is 2. The number of hydrogen-bond acceptors (Lipinski definition) is 2. The van der Waals surface area contributed by atoms with E-state index in [2.05, 4.69) is 22.8 Å². The average Bonchev–Trinajstić information content (AvgIpc) is 2.54. The van der Waals surface area contributed by atoms with Crippen molar-refractivity contribution in [1.82, 2.24) is 5.32 Å². The van der Waals surface area contributed by atoms with Gasteiger partial charge in [-0.25, -0.2) is 4.79 Å². The van der Waals surface area contributed by atoms with Gasteiger partial charge >= 0.3 is 6.03 Å². The number of ether oxygens (including phenoxy) is 1. The Morgan fingerprint density at radius 3 is 2.71 bits per heavy atom. The second kappa shape index (κ2) is 6.41. The maximum Gasteiger partial charge on any atom is 0.319 e. The molecule has 4 heteroatoms. The number of carbonyl (C=O) groups is 1. The molecule has 0 saturated carbocycles. The molecule has 1 aliphatic rings. The SMILES string of the molecule is O=C(NCC1OCCc2ccccc21)Nc1ccccc1. The third-order valence-corrected chi connectivity index (χ3v) is 3.57. The molecule has 1 unspecified atom stereocenters. The van der Waals surface area contributed by atoms with Crippen LogP contribution in [0.15, 0.2) is 54.6 Å². The third kappa shape index (κ3) is 3.41. The first-order valence-electron chi connectivity index (χ1n) is 7.12. The predicted octanol–water partition coefficient (Wildman–Crippen LogP) is 3.12. The van der Waals surface area contributed by atoms with Gasteiger partial charge in [0.2, 0.25) is 0 Å². The Balaban J connectivity index is 1.57. The van der Waals surface area contributed by atoms with E-state index in [0.29, 0.717) is 13.2 Å². The Morgan fingerprint density at radius 1 is 1.10 bits per heavy atom. The van der Waals surface area contributed by atoms with Crippen molar-refractivity contribution in [1.29, 1.82) is 0 Å². The number of amides is 2. The molecule has 2 aromatic carbocycles. The fourth-order valence-electron chi connectivity index (χ4n) is 2.53. The van der Waals surface area contributed by atoms with Crippen molar-refractivity contribution in [3.05, 3.63) is 65.7 Å². The molecule has 4 nitrogen and oxygen atoms in total. The van der Waals surface area contributed by atoms with Crippen LogP contribution >= 0.6 is 0 Å². The van der Waals surface area contributed by atoms with Crippen LogP contribution in [0.4, 0.5) is 10.5 Å². The van der Waals surface area contributed by atoms with E-state index in [-0.39, 0.29) is 12.1 Å². The highest BCUT2D eigenvalue weighted by Crippen LogP contribution is 2.26. The lowest BCUT2D eigenvalue weighted by molar-refractivity contribution is 0.0444. The number of fused-ring (bicyclic) bond motifs is 1. The number of urea groups is 1. The summed E-state index contributed by atoms with van der Waals surface area (Å²) in [5, 5.41) is 5.67. The van der Waals surface area contributed by atoms with Gasteiger partial charge in [0.1, 0.15) is 6.10 Å². The van der Waals surface area contributed by atoms with Gasteiger partial charge in [0.05, 0.1) is 6.61 Å². The summed E-state index contributed by atoms with van der Waals surface area (Å²) in [7, 11) is 0. The van der Waals surface area contributed by atoms with E-state index in [9.17, 15) is 4.79 Å². The predicted molar refractivity (Wildman–Crippen MR) is 82.3 cm³/mol. The summed E-state index contributed by atoms with van der Waals surface area (Å²) in [5.41, 5.74) is 3.25. The standard InChI is InChI=1S/C17H18N2O2/c20-17(19-14-7-2-1-3-8-14)18-12-16-15-9-5-4-6-13(15)10-11-21-16/h1-9,16H,10-12H2,(H2,18,19,20). The van der Waals surface area contributed by atoms with Gasteiger partial charge in [-0.2, -0.15) is 0 Å². The van der Waals surface area contributed by atoms with Gasteiger partial charge in [-0.05, 0) is 29.7 Å². The van der Waals surface area contributed by atoms with E-state index < -0.39 is 0 Å². The number of rotatable bonds is 3. The minimum Gasteiger partial charge on any atom is -0.371 e. The van der Waals surface area contributed by atoms with Gasteiger partial charge in [0.15, 0.2) is 0 Å². The summed E-state index contributed by atoms with van der Waals surface area (Å²) >= 11 is 0. The molecular formula is C17H18N2O2. The maximum atomic E-state index is 11.9. The first kappa shape index (κ1) is 13.6. The number of carbonyl (C=O) groups excluding carboxylic acids is 1. The van der Waals surface area contributed by atoms with Crippen LogP contribution in [0.5, 0.6) is 0 Å². The zero-order valence-electron chi connectivity index (χ0n) is 11.7. The Hall–Kier alpha value is -2.33. The largest absolute Gasteiger partial charge is 0.371 e. The molecular weight excluding hydrogens is 264 g/mol. The van der Waals surface area contributed by atoms with Crippen LogP contribution in [-0.4, -0.2) is 19.2 Å². The summed E-state index contributed by atoms with van der Waals surface area (Å²) < 4.78 is 5.76. The van der Waals surface area contributed by atoms with Gasteiger partial charge in [-0.15, -0.1) is 0 Å². The lowest BCUT2D eigenvalue weighted by Crippen LogP contribution is -2.34. The molecule has 1 aliphatic heterocycles. The topological polar surface area (TPSA) is 50.4 Å². The van der Waals surface area contributed by atoms with Crippen molar-refractivity contribution in [3.8, 4) is 0 Å². The number of nitrogens with one attached hydrogen (secondary N) is 2. The van der Waals surface area contributed by atoms with Crippen molar-refractivity contribution in [2.45, 2.75) is 12.5 Å². The molecule has 3 rings (SSSR count). The summed E-state index contributed by atoms with van der Waals surface area (Å²) in [4.78, 5) is 11.9. The highest BCUT2D eigenvalue weighted by Gasteiger charge is 2.20. The van der Waals surface area contributed by atoms with Crippen molar-refractivity contribution in [2.75, 3.05) is 18.5 Å².